The molecule has 5 nitrogen and oxygen atoms in total. The van der Waals surface area contributed by atoms with Gasteiger partial charge < -0.3 is 5.32 Å². The minimum absolute atomic E-state index is 0.428. The van der Waals surface area contributed by atoms with Gasteiger partial charge in [0.15, 0.2) is 0 Å². The molecule has 3 aromatic rings. The first kappa shape index (κ1) is 13.9. The molecular weight excluding hydrogens is 306 g/mol. The summed E-state index contributed by atoms with van der Waals surface area (Å²) in [6.45, 7) is 2.38. The highest BCUT2D eigenvalue weighted by Crippen LogP contribution is 2.22. The zero-order valence-corrected chi connectivity index (χ0v) is 12.8. The van der Waals surface area contributed by atoms with Gasteiger partial charge in [-0.1, -0.05) is 17.7 Å². The molecule has 1 N–H and O–H groups in total. The number of rotatable bonds is 4. The van der Waals surface area contributed by atoms with Gasteiger partial charge in [0.05, 0.1) is 17.9 Å². The quantitative estimate of drug-likeness (QED) is 0.745. The Morgan fingerprint density at radius 3 is 2.90 bits per heavy atom. The van der Waals surface area contributed by atoms with Gasteiger partial charge in [-0.2, -0.15) is 0 Å². The van der Waals surface area contributed by atoms with Crippen LogP contribution < -0.4 is 5.32 Å². The largest absolute Gasteiger partial charge is 0.364 e. The number of thiazole rings is 1. The Labute approximate surface area is 131 Å². The van der Waals surface area contributed by atoms with E-state index in [1.54, 1.807) is 30.5 Å². The first-order chi connectivity index (χ1) is 10.2. The number of aryl methyl sites for hydroxylation is 1. The Kier molecular flexibility index (Phi) is 4.08. The van der Waals surface area contributed by atoms with Crippen LogP contribution in [0.3, 0.4) is 0 Å². The molecule has 106 valence electrons. The number of nitrogens with one attached hydrogen (secondary N) is 1. The van der Waals surface area contributed by atoms with Crippen LogP contribution in [0.5, 0.6) is 0 Å². The van der Waals surface area contributed by atoms with E-state index < -0.39 is 0 Å². The van der Waals surface area contributed by atoms with Gasteiger partial charge in [-0.05, 0) is 19.1 Å². The molecule has 0 radical (unpaired) electrons. The first-order valence-corrected chi connectivity index (χ1v) is 7.57. The fourth-order valence-electron chi connectivity index (χ4n) is 1.80. The molecule has 0 saturated heterocycles. The summed E-state index contributed by atoms with van der Waals surface area (Å²) in [4.78, 5) is 17.1. The highest BCUT2D eigenvalue weighted by atomic mass is 35.5. The molecule has 0 amide bonds. The molecule has 0 atom stereocenters. The van der Waals surface area contributed by atoms with Gasteiger partial charge in [0.2, 0.25) is 0 Å². The number of hydrogen-bond donors (Lipinski definition) is 1. The standard InChI is InChI=1S/C14H12ClN5S/c1-9-18-12(15)6-13(19-9)17-7-10-8-21-14(20-10)11-4-2-3-5-16-11/h2-6,8H,7H2,1H3,(H,17,18,19). The number of aromatic nitrogens is 4. The van der Waals surface area contributed by atoms with Crippen molar-refractivity contribution < 1.29 is 0 Å². The van der Waals surface area contributed by atoms with Crippen LogP contribution in [0.15, 0.2) is 35.8 Å². The highest BCUT2D eigenvalue weighted by molar-refractivity contribution is 7.13. The zero-order valence-electron chi connectivity index (χ0n) is 11.2. The predicted molar refractivity (Wildman–Crippen MR) is 84.5 cm³/mol. The fraction of sp³-hybridized carbons (Fsp3) is 0.143. The summed E-state index contributed by atoms with van der Waals surface area (Å²) in [5.41, 5.74) is 1.82. The number of halogens is 1. The molecule has 3 heterocycles. The van der Waals surface area contributed by atoms with Crippen molar-refractivity contribution in [3.63, 3.8) is 0 Å². The van der Waals surface area contributed by atoms with Crippen molar-refractivity contribution >= 4 is 28.8 Å². The number of nitrogens with zero attached hydrogens (tertiary/aromatic N) is 4. The Balaban J connectivity index is 1.70. The van der Waals surface area contributed by atoms with Crippen molar-refractivity contribution in [3.05, 3.63) is 52.5 Å². The maximum Gasteiger partial charge on any atom is 0.142 e. The fourth-order valence-corrected chi connectivity index (χ4v) is 2.82. The molecule has 21 heavy (non-hydrogen) atoms. The van der Waals surface area contributed by atoms with Gasteiger partial charge in [0.25, 0.3) is 0 Å². The molecule has 0 spiro atoms. The van der Waals surface area contributed by atoms with E-state index in [-0.39, 0.29) is 0 Å². The summed E-state index contributed by atoms with van der Waals surface area (Å²) in [6, 6.07) is 7.48. The number of hydrogen-bond acceptors (Lipinski definition) is 6. The lowest BCUT2D eigenvalue weighted by Gasteiger charge is -2.04. The van der Waals surface area contributed by atoms with Crippen LogP contribution in [0, 0.1) is 6.92 Å². The maximum atomic E-state index is 5.90. The van der Waals surface area contributed by atoms with Crippen LogP contribution in [-0.4, -0.2) is 19.9 Å². The van der Waals surface area contributed by atoms with E-state index in [0.29, 0.717) is 23.3 Å². The van der Waals surface area contributed by atoms with Gasteiger partial charge in [-0.15, -0.1) is 11.3 Å². The third-order valence-corrected chi connectivity index (χ3v) is 3.80. The smallest absolute Gasteiger partial charge is 0.142 e. The van der Waals surface area contributed by atoms with Crippen LogP contribution in [0.2, 0.25) is 5.15 Å². The molecule has 3 rings (SSSR count). The second kappa shape index (κ2) is 6.15. The van der Waals surface area contributed by atoms with Crippen molar-refractivity contribution in [2.75, 3.05) is 5.32 Å². The van der Waals surface area contributed by atoms with E-state index in [9.17, 15) is 0 Å². The lowest BCUT2D eigenvalue weighted by molar-refractivity contribution is 1.00. The maximum absolute atomic E-state index is 5.90. The van der Waals surface area contributed by atoms with E-state index in [0.717, 1.165) is 16.4 Å². The van der Waals surface area contributed by atoms with Crippen LogP contribution in [0.4, 0.5) is 5.82 Å². The number of anilines is 1. The van der Waals surface area contributed by atoms with Crippen molar-refractivity contribution in [2.24, 2.45) is 0 Å². The molecule has 0 aliphatic rings. The first-order valence-electron chi connectivity index (χ1n) is 6.31. The molecule has 0 bridgehead atoms. The molecule has 3 aromatic heterocycles. The molecule has 0 unspecified atom stereocenters. The Morgan fingerprint density at radius 2 is 2.14 bits per heavy atom. The summed E-state index contributed by atoms with van der Waals surface area (Å²) in [5.74, 6) is 1.33. The van der Waals surface area contributed by atoms with E-state index >= 15 is 0 Å². The average Bonchev–Trinajstić information content (AvgIpc) is 2.94. The Hall–Kier alpha value is -2.05. The molecule has 7 heteroatoms. The minimum atomic E-state index is 0.428. The summed E-state index contributed by atoms with van der Waals surface area (Å²) in [6.07, 6.45) is 1.76. The highest BCUT2D eigenvalue weighted by Gasteiger charge is 2.06. The third kappa shape index (κ3) is 3.53. The summed E-state index contributed by atoms with van der Waals surface area (Å²) in [7, 11) is 0. The topological polar surface area (TPSA) is 63.6 Å². The Bertz CT molecular complexity index is 724. The van der Waals surface area contributed by atoms with E-state index in [4.69, 9.17) is 11.6 Å². The monoisotopic (exact) mass is 317 g/mol. The van der Waals surface area contributed by atoms with Crippen LogP contribution in [0.1, 0.15) is 11.5 Å². The normalized spacial score (nSPS) is 10.6. The zero-order chi connectivity index (χ0) is 14.7. The van der Waals surface area contributed by atoms with Gasteiger partial charge in [0.1, 0.15) is 21.8 Å². The lowest BCUT2D eigenvalue weighted by atomic mass is 10.3. The molecule has 0 aliphatic heterocycles. The van der Waals surface area contributed by atoms with Crippen LogP contribution in [-0.2, 0) is 6.54 Å². The molecule has 0 fully saturated rings. The third-order valence-electron chi connectivity index (χ3n) is 2.69. The van der Waals surface area contributed by atoms with Crippen molar-refractivity contribution in [2.45, 2.75) is 13.5 Å². The van der Waals surface area contributed by atoms with E-state index in [1.807, 2.05) is 23.6 Å². The summed E-state index contributed by atoms with van der Waals surface area (Å²) >= 11 is 7.47. The van der Waals surface area contributed by atoms with Gasteiger partial charge in [0, 0.05) is 17.6 Å². The molecule has 0 aliphatic carbocycles. The second-order valence-electron chi connectivity index (χ2n) is 4.34. The number of pyridine rings is 1. The van der Waals surface area contributed by atoms with Crippen LogP contribution >= 0.6 is 22.9 Å². The van der Waals surface area contributed by atoms with Crippen molar-refractivity contribution in [3.8, 4) is 10.7 Å². The van der Waals surface area contributed by atoms with Crippen molar-refractivity contribution in [1.29, 1.82) is 0 Å². The lowest BCUT2D eigenvalue weighted by Crippen LogP contribution is -2.03. The van der Waals surface area contributed by atoms with Gasteiger partial charge in [-0.25, -0.2) is 15.0 Å². The summed E-state index contributed by atoms with van der Waals surface area (Å²) in [5, 5.41) is 6.54. The molecule has 0 aromatic carbocycles. The average molecular weight is 318 g/mol. The van der Waals surface area contributed by atoms with E-state index in [1.165, 1.54) is 0 Å². The van der Waals surface area contributed by atoms with Crippen molar-refractivity contribution in [1.82, 2.24) is 19.9 Å². The SMILES string of the molecule is Cc1nc(Cl)cc(NCc2csc(-c3ccccn3)n2)n1. The second-order valence-corrected chi connectivity index (χ2v) is 5.58. The molecule has 0 saturated carbocycles. The summed E-state index contributed by atoms with van der Waals surface area (Å²) < 4.78 is 0. The van der Waals surface area contributed by atoms with Gasteiger partial charge >= 0.3 is 0 Å². The minimum Gasteiger partial charge on any atom is -0.364 e. The Morgan fingerprint density at radius 1 is 1.24 bits per heavy atom. The molecular formula is C14H12ClN5S. The predicted octanol–water partition coefficient (Wildman–Crippen LogP) is 3.57. The van der Waals surface area contributed by atoms with E-state index in [2.05, 4.69) is 25.3 Å². The van der Waals surface area contributed by atoms with Gasteiger partial charge in [-0.3, -0.25) is 4.98 Å². The van der Waals surface area contributed by atoms with Crippen LogP contribution in [0.25, 0.3) is 10.7 Å².